The standard InChI is InChI=1S/C30H26N4O6/c1-3-37-29(35)39-23-12-8-19(9-13-23)25-17-27(33-31-25)21-6-5-7-22(16-21)28-18-26(32-34-28)20-10-14-24(15-11-20)40-30(36)38-4-2/h5-18H,3-4H2,1-2H3,(H,31,33)(H,32,34). The Kier molecular flexibility index (Phi) is 7.87. The fourth-order valence-corrected chi connectivity index (χ4v) is 3.96. The van der Waals surface area contributed by atoms with Gasteiger partial charge in [0.25, 0.3) is 0 Å². The quantitative estimate of drug-likeness (QED) is 0.162. The number of ether oxygens (including phenoxy) is 4. The van der Waals surface area contributed by atoms with E-state index in [0.29, 0.717) is 11.5 Å². The van der Waals surface area contributed by atoms with Crippen molar-refractivity contribution in [1.82, 2.24) is 20.4 Å². The Morgan fingerprint density at radius 3 is 1.43 bits per heavy atom. The molecular weight excluding hydrogens is 512 g/mol. The van der Waals surface area contributed by atoms with E-state index in [1.807, 2.05) is 60.7 Å². The lowest BCUT2D eigenvalue weighted by Crippen LogP contribution is -2.09. The molecule has 0 aliphatic rings. The Bertz CT molecular complexity index is 1490. The maximum Gasteiger partial charge on any atom is 0.513 e. The van der Waals surface area contributed by atoms with E-state index in [9.17, 15) is 9.59 Å². The molecule has 0 aliphatic heterocycles. The number of hydrogen-bond donors (Lipinski definition) is 2. The number of aromatic amines is 2. The van der Waals surface area contributed by atoms with E-state index < -0.39 is 12.3 Å². The number of benzene rings is 3. The molecular formula is C30H26N4O6. The molecule has 0 saturated carbocycles. The molecule has 10 heteroatoms. The van der Waals surface area contributed by atoms with Gasteiger partial charge in [0, 0.05) is 11.1 Å². The van der Waals surface area contributed by atoms with Crippen LogP contribution in [0, 0.1) is 0 Å². The van der Waals surface area contributed by atoms with Crippen molar-refractivity contribution in [2.75, 3.05) is 13.2 Å². The molecule has 5 rings (SSSR count). The van der Waals surface area contributed by atoms with Gasteiger partial charge < -0.3 is 18.9 Å². The number of carbonyl (C=O) groups is 2. The van der Waals surface area contributed by atoms with E-state index >= 15 is 0 Å². The van der Waals surface area contributed by atoms with Gasteiger partial charge in [-0.1, -0.05) is 18.2 Å². The first kappa shape index (κ1) is 26.2. The zero-order valence-electron chi connectivity index (χ0n) is 21.8. The minimum Gasteiger partial charge on any atom is -0.434 e. The number of hydrogen-bond acceptors (Lipinski definition) is 8. The lowest BCUT2D eigenvalue weighted by molar-refractivity contribution is 0.103. The van der Waals surface area contributed by atoms with E-state index in [4.69, 9.17) is 18.9 Å². The predicted octanol–water partition coefficient (Wildman–Crippen LogP) is 6.87. The Labute approximate surface area is 229 Å². The van der Waals surface area contributed by atoms with Gasteiger partial charge in [0.1, 0.15) is 11.5 Å². The van der Waals surface area contributed by atoms with Crippen molar-refractivity contribution in [3.05, 3.63) is 84.9 Å². The zero-order valence-corrected chi connectivity index (χ0v) is 21.8. The van der Waals surface area contributed by atoms with Gasteiger partial charge in [-0.3, -0.25) is 10.2 Å². The molecule has 2 heterocycles. The summed E-state index contributed by atoms with van der Waals surface area (Å²) in [5.74, 6) is 0.794. The monoisotopic (exact) mass is 538 g/mol. The molecule has 10 nitrogen and oxygen atoms in total. The number of rotatable bonds is 8. The van der Waals surface area contributed by atoms with Crippen LogP contribution in [-0.4, -0.2) is 45.9 Å². The third-order valence-corrected chi connectivity index (χ3v) is 5.87. The third kappa shape index (κ3) is 6.18. The van der Waals surface area contributed by atoms with Gasteiger partial charge in [0.2, 0.25) is 0 Å². The predicted molar refractivity (Wildman–Crippen MR) is 148 cm³/mol. The normalized spacial score (nSPS) is 10.7. The molecule has 0 unspecified atom stereocenters. The maximum atomic E-state index is 11.5. The number of H-pyrrole nitrogens is 2. The summed E-state index contributed by atoms with van der Waals surface area (Å²) in [6.45, 7) is 3.93. The molecule has 0 aliphatic carbocycles. The molecule has 2 aromatic heterocycles. The number of nitrogens with zero attached hydrogens (tertiary/aromatic N) is 2. The molecule has 2 N–H and O–H groups in total. The van der Waals surface area contributed by atoms with Gasteiger partial charge in [-0.15, -0.1) is 0 Å². The Balaban J connectivity index is 1.29. The molecule has 0 atom stereocenters. The van der Waals surface area contributed by atoms with Crippen LogP contribution in [0.3, 0.4) is 0 Å². The Morgan fingerprint density at radius 2 is 1.02 bits per heavy atom. The first-order chi connectivity index (χ1) is 19.5. The Hall–Kier alpha value is -5.38. The molecule has 0 radical (unpaired) electrons. The molecule has 5 aromatic rings. The van der Waals surface area contributed by atoms with E-state index in [0.717, 1.165) is 45.0 Å². The summed E-state index contributed by atoms with van der Waals surface area (Å²) in [7, 11) is 0. The van der Waals surface area contributed by atoms with Gasteiger partial charge in [-0.2, -0.15) is 10.2 Å². The minimum atomic E-state index is -0.735. The van der Waals surface area contributed by atoms with Gasteiger partial charge in [-0.05, 0) is 91.7 Å². The molecule has 3 aromatic carbocycles. The molecule has 40 heavy (non-hydrogen) atoms. The summed E-state index contributed by atoms with van der Waals surface area (Å²) in [4.78, 5) is 23.0. The smallest absolute Gasteiger partial charge is 0.434 e. The van der Waals surface area contributed by atoms with Crippen LogP contribution >= 0.6 is 0 Å². The van der Waals surface area contributed by atoms with Crippen molar-refractivity contribution >= 4 is 12.3 Å². The second kappa shape index (κ2) is 12.0. The van der Waals surface area contributed by atoms with Crippen LogP contribution in [-0.2, 0) is 9.47 Å². The molecule has 0 bridgehead atoms. The summed E-state index contributed by atoms with van der Waals surface area (Å²) in [5, 5.41) is 15.1. The second-order valence-electron chi connectivity index (χ2n) is 8.53. The third-order valence-electron chi connectivity index (χ3n) is 5.87. The average Bonchev–Trinajstić information content (AvgIpc) is 3.65. The van der Waals surface area contributed by atoms with E-state index in [2.05, 4.69) is 20.4 Å². The zero-order chi connectivity index (χ0) is 27.9. The summed E-state index contributed by atoms with van der Waals surface area (Å²) in [6, 6.07) is 26.0. The van der Waals surface area contributed by atoms with Crippen LogP contribution in [0.1, 0.15) is 13.8 Å². The number of nitrogens with one attached hydrogen (secondary N) is 2. The number of carbonyl (C=O) groups excluding carboxylic acids is 2. The molecule has 0 saturated heterocycles. The maximum absolute atomic E-state index is 11.5. The van der Waals surface area contributed by atoms with E-state index in [-0.39, 0.29) is 13.2 Å². The van der Waals surface area contributed by atoms with Crippen LogP contribution < -0.4 is 9.47 Å². The summed E-state index contributed by atoms with van der Waals surface area (Å²) < 4.78 is 19.8. The second-order valence-corrected chi connectivity index (χ2v) is 8.53. The fourth-order valence-electron chi connectivity index (χ4n) is 3.96. The van der Waals surface area contributed by atoms with Gasteiger partial charge in [-0.25, -0.2) is 9.59 Å². The van der Waals surface area contributed by atoms with Crippen molar-refractivity contribution in [3.63, 3.8) is 0 Å². The highest BCUT2D eigenvalue weighted by atomic mass is 16.7. The highest BCUT2D eigenvalue weighted by molar-refractivity contribution is 5.75. The van der Waals surface area contributed by atoms with Gasteiger partial charge >= 0.3 is 12.3 Å². The largest absolute Gasteiger partial charge is 0.513 e. The van der Waals surface area contributed by atoms with Crippen LogP contribution in [0.2, 0.25) is 0 Å². The fraction of sp³-hybridized carbons (Fsp3) is 0.133. The first-order valence-corrected chi connectivity index (χ1v) is 12.6. The summed E-state index contributed by atoms with van der Waals surface area (Å²) >= 11 is 0. The van der Waals surface area contributed by atoms with Crippen LogP contribution in [0.4, 0.5) is 9.59 Å². The molecule has 0 amide bonds. The topological polar surface area (TPSA) is 128 Å². The van der Waals surface area contributed by atoms with E-state index in [1.54, 1.807) is 38.1 Å². The number of aromatic nitrogens is 4. The highest BCUT2D eigenvalue weighted by Gasteiger charge is 2.12. The first-order valence-electron chi connectivity index (χ1n) is 12.6. The van der Waals surface area contributed by atoms with Crippen molar-refractivity contribution in [1.29, 1.82) is 0 Å². The lowest BCUT2D eigenvalue weighted by atomic mass is 10.0. The summed E-state index contributed by atoms with van der Waals surface area (Å²) in [5.41, 5.74) is 6.82. The minimum absolute atomic E-state index is 0.250. The summed E-state index contributed by atoms with van der Waals surface area (Å²) in [6.07, 6.45) is -1.47. The van der Waals surface area contributed by atoms with Crippen molar-refractivity contribution in [3.8, 4) is 56.5 Å². The van der Waals surface area contributed by atoms with Crippen molar-refractivity contribution in [2.45, 2.75) is 13.8 Å². The lowest BCUT2D eigenvalue weighted by Gasteiger charge is -2.04. The SMILES string of the molecule is CCOC(=O)Oc1ccc(-c2cc(-c3cccc(-c4cc(-c5ccc(OC(=O)OCC)cc5)[nH]n4)c3)n[nH]2)cc1. The van der Waals surface area contributed by atoms with Crippen LogP contribution in [0.15, 0.2) is 84.9 Å². The van der Waals surface area contributed by atoms with Gasteiger partial charge in [0.15, 0.2) is 0 Å². The Morgan fingerprint density at radius 1 is 0.600 bits per heavy atom. The van der Waals surface area contributed by atoms with Crippen molar-refractivity contribution in [2.24, 2.45) is 0 Å². The van der Waals surface area contributed by atoms with E-state index in [1.165, 1.54) is 0 Å². The van der Waals surface area contributed by atoms with Crippen LogP contribution in [0.5, 0.6) is 11.5 Å². The highest BCUT2D eigenvalue weighted by Crippen LogP contribution is 2.30. The molecule has 202 valence electrons. The average molecular weight is 539 g/mol. The van der Waals surface area contributed by atoms with Crippen molar-refractivity contribution < 1.29 is 28.5 Å². The molecule has 0 spiro atoms. The van der Waals surface area contributed by atoms with Gasteiger partial charge in [0.05, 0.1) is 36.0 Å². The van der Waals surface area contributed by atoms with Crippen LogP contribution in [0.25, 0.3) is 45.0 Å². The molecule has 0 fully saturated rings.